The van der Waals surface area contributed by atoms with Gasteiger partial charge in [0, 0.05) is 39.6 Å². The molecule has 1 aromatic rings. The highest BCUT2D eigenvalue weighted by atomic mass is 127. The summed E-state index contributed by atoms with van der Waals surface area (Å²) in [5, 5.41) is 6.17. The molecule has 0 aliphatic carbocycles. The molecule has 0 aromatic heterocycles. The highest BCUT2D eigenvalue weighted by Gasteiger charge is 2.23. The molecule has 1 fully saturated rings. The third-order valence-corrected chi connectivity index (χ3v) is 5.47. The number of aryl methyl sites for hydroxylation is 3. The van der Waals surface area contributed by atoms with Gasteiger partial charge in [0.15, 0.2) is 5.96 Å². The van der Waals surface area contributed by atoms with E-state index in [1.807, 2.05) is 0 Å². The number of rotatable bonds is 6. The van der Waals surface area contributed by atoms with Crippen LogP contribution >= 0.6 is 24.0 Å². The average molecular weight is 500 g/mol. The van der Waals surface area contributed by atoms with Crippen LogP contribution < -0.4 is 10.6 Å². The van der Waals surface area contributed by atoms with Crippen molar-refractivity contribution in [2.24, 2.45) is 10.9 Å². The Morgan fingerprint density at radius 3 is 2.32 bits per heavy atom. The number of nitrogens with one attached hydrogen (secondary N) is 2. The Balaban J connectivity index is 0.00000392. The van der Waals surface area contributed by atoms with Gasteiger partial charge in [-0.25, -0.2) is 0 Å². The van der Waals surface area contributed by atoms with Gasteiger partial charge in [-0.1, -0.05) is 17.7 Å². The standard InChI is InChI=1S/C22H36N4O.HI/c1-6-24-22(26-11-8-19(9-12-26)15-21(27)23-5)25-10-7-20-17(3)13-16(2)14-18(20)4;/h13-14,19H,6-12,15H2,1-5H3,(H,23,27)(H,24,25);1H. The van der Waals surface area contributed by atoms with E-state index in [0.29, 0.717) is 12.3 Å². The number of halogens is 1. The zero-order valence-corrected chi connectivity index (χ0v) is 20.4. The average Bonchev–Trinajstić information content (AvgIpc) is 2.63. The van der Waals surface area contributed by atoms with E-state index in [4.69, 9.17) is 4.99 Å². The second-order valence-electron chi connectivity index (χ2n) is 7.67. The number of likely N-dealkylation sites (tertiary alicyclic amines) is 1. The van der Waals surface area contributed by atoms with Gasteiger partial charge >= 0.3 is 0 Å². The second kappa shape index (κ2) is 12.3. The summed E-state index contributed by atoms with van der Waals surface area (Å²) >= 11 is 0. The van der Waals surface area contributed by atoms with Crippen molar-refractivity contribution in [2.75, 3.05) is 33.2 Å². The van der Waals surface area contributed by atoms with Gasteiger partial charge in [-0.3, -0.25) is 9.79 Å². The maximum atomic E-state index is 11.6. The van der Waals surface area contributed by atoms with Crippen LogP contribution in [0.25, 0.3) is 0 Å². The van der Waals surface area contributed by atoms with Gasteiger partial charge in [0.05, 0.1) is 0 Å². The van der Waals surface area contributed by atoms with Crippen LogP contribution in [0.3, 0.4) is 0 Å². The maximum absolute atomic E-state index is 11.6. The van der Waals surface area contributed by atoms with Crippen molar-refractivity contribution < 1.29 is 4.79 Å². The minimum Gasteiger partial charge on any atom is -0.359 e. The summed E-state index contributed by atoms with van der Waals surface area (Å²) in [6.07, 6.45) is 3.71. The molecule has 1 aliphatic heterocycles. The molecule has 1 aliphatic rings. The van der Waals surface area contributed by atoms with Crippen molar-refractivity contribution in [3.8, 4) is 0 Å². The zero-order valence-electron chi connectivity index (χ0n) is 18.1. The van der Waals surface area contributed by atoms with Gasteiger partial charge in [0.25, 0.3) is 0 Å². The molecule has 2 N–H and O–H groups in total. The third-order valence-electron chi connectivity index (χ3n) is 5.47. The van der Waals surface area contributed by atoms with Gasteiger partial charge in [0.1, 0.15) is 0 Å². The summed E-state index contributed by atoms with van der Waals surface area (Å²) in [6, 6.07) is 4.52. The number of hydrogen-bond donors (Lipinski definition) is 2. The first kappa shape index (κ1) is 24.7. The summed E-state index contributed by atoms with van der Waals surface area (Å²) in [4.78, 5) is 18.8. The van der Waals surface area contributed by atoms with Crippen LogP contribution in [0.2, 0.25) is 0 Å². The van der Waals surface area contributed by atoms with E-state index in [2.05, 4.69) is 55.4 Å². The Hall–Kier alpha value is -1.31. The molecule has 2 rings (SSSR count). The predicted molar refractivity (Wildman–Crippen MR) is 129 cm³/mol. The molecular formula is C22H37IN4O. The van der Waals surface area contributed by atoms with Crippen LogP contribution in [0, 0.1) is 26.7 Å². The van der Waals surface area contributed by atoms with E-state index < -0.39 is 0 Å². The number of guanidine groups is 1. The summed E-state index contributed by atoms with van der Waals surface area (Å²) in [5.74, 6) is 1.65. The molecule has 0 spiro atoms. The molecule has 1 heterocycles. The van der Waals surface area contributed by atoms with Crippen LogP contribution in [0.5, 0.6) is 0 Å². The van der Waals surface area contributed by atoms with Gasteiger partial charge in [-0.2, -0.15) is 0 Å². The van der Waals surface area contributed by atoms with Crippen LogP contribution in [0.15, 0.2) is 17.1 Å². The fraction of sp³-hybridized carbons (Fsp3) is 0.636. The van der Waals surface area contributed by atoms with Gasteiger partial charge in [-0.15, -0.1) is 24.0 Å². The minimum absolute atomic E-state index is 0. The maximum Gasteiger partial charge on any atom is 0.220 e. The van der Waals surface area contributed by atoms with E-state index in [9.17, 15) is 4.79 Å². The van der Waals surface area contributed by atoms with Gasteiger partial charge in [-0.05, 0) is 69.6 Å². The molecule has 0 radical (unpaired) electrons. The Morgan fingerprint density at radius 2 is 1.79 bits per heavy atom. The lowest BCUT2D eigenvalue weighted by Gasteiger charge is -2.34. The molecule has 0 bridgehead atoms. The Kier molecular flexibility index (Phi) is 10.9. The van der Waals surface area contributed by atoms with Crippen molar-refractivity contribution in [2.45, 2.75) is 53.4 Å². The largest absolute Gasteiger partial charge is 0.359 e. The number of piperidine rings is 1. The first-order valence-corrected chi connectivity index (χ1v) is 10.2. The number of amides is 1. The van der Waals surface area contributed by atoms with E-state index in [-0.39, 0.29) is 29.9 Å². The number of benzene rings is 1. The smallest absolute Gasteiger partial charge is 0.220 e. The van der Waals surface area contributed by atoms with Crippen LogP contribution in [0.4, 0.5) is 0 Å². The monoisotopic (exact) mass is 500 g/mol. The molecule has 1 aromatic carbocycles. The van der Waals surface area contributed by atoms with Crippen molar-refractivity contribution >= 4 is 35.8 Å². The number of carbonyl (C=O) groups is 1. The molecule has 1 amide bonds. The lowest BCUT2D eigenvalue weighted by Crippen LogP contribution is -2.46. The number of hydrogen-bond acceptors (Lipinski definition) is 2. The molecule has 5 nitrogen and oxygen atoms in total. The van der Waals surface area contributed by atoms with E-state index in [1.165, 1.54) is 22.3 Å². The molecule has 6 heteroatoms. The molecule has 1 saturated heterocycles. The van der Waals surface area contributed by atoms with Crippen molar-refractivity contribution in [1.82, 2.24) is 15.5 Å². The van der Waals surface area contributed by atoms with Gasteiger partial charge in [0.2, 0.25) is 5.91 Å². The highest BCUT2D eigenvalue weighted by molar-refractivity contribution is 14.0. The molecule has 28 heavy (non-hydrogen) atoms. The van der Waals surface area contributed by atoms with Crippen LogP contribution in [-0.2, 0) is 11.2 Å². The number of aliphatic imine (C=N–C) groups is 1. The SMILES string of the molecule is CCNC(=NCCc1c(C)cc(C)cc1C)N1CCC(CC(=O)NC)CC1.I. The first-order valence-electron chi connectivity index (χ1n) is 10.2. The van der Waals surface area contributed by atoms with Crippen molar-refractivity contribution in [3.05, 3.63) is 34.4 Å². The fourth-order valence-corrected chi connectivity index (χ4v) is 4.02. The molecule has 0 saturated carbocycles. The van der Waals surface area contributed by atoms with Crippen molar-refractivity contribution in [3.63, 3.8) is 0 Å². The fourth-order valence-electron chi connectivity index (χ4n) is 4.02. The molecule has 0 atom stereocenters. The lowest BCUT2D eigenvalue weighted by atomic mass is 9.93. The number of nitrogens with zero attached hydrogens (tertiary/aromatic N) is 2. The second-order valence-corrected chi connectivity index (χ2v) is 7.67. The normalized spacial score (nSPS) is 15.2. The predicted octanol–water partition coefficient (Wildman–Crippen LogP) is 3.59. The molecular weight excluding hydrogens is 463 g/mol. The third kappa shape index (κ3) is 7.26. The molecule has 158 valence electrons. The minimum atomic E-state index is 0. The van der Waals surface area contributed by atoms with E-state index >= 15 is 0 Å². The Morgan fingerprint density at radius 1 is 1.18 bits per heavy atom. The van der Waals surface area contributed by atoms with Crippen molar-refractivity contribution in [1.29, 1.82) is 0 Å². The number of carbonyl (C=O) groups excluding carboxylic acids is 1. The van der Waals surface area contributed by atoms with Gasteiger partial charge < -0.3 is 15.5 Å². The lowest BCUT2D eigenvalue weighted by molar-refractivity contribution is -0.121. The van der Waals surface area contributed by atoms with Crippen LogP contribution in [0.1, 0.15) is 48.4 Å². The quantitative estimate of drug-likeness (QED) is 0.357. The van der Waals surface area contributed by atoms with Crippen LogP contribution in [-0.4, -0.2) is 50.0 Å². The first-order chi connectivity index (χ1) is 12.9. The summed E-state index contributed by atoms with van der Waals surface area (Å²) in [7, 11) is 1.71. The Bertz CT molecular complexity index is 643. The topological polar surface area (TPSA) is 56.7 Å². The molecule has 0 unspecified atom stereocenters. The Labute approximate surface area is 187 Å². The summed E-state index contributed by atoms with van der Waals surface area (Å²) in [6.45, 7) is 12.3. The van der Waals surface area contributed by atoms with E-state index in [1.54, 1.807) is 7.05 Å². The zero-order chi connectivity index (χ0) is 19.8. The summed E-state index contributed by atoms with van der Waals surface area (Å²) < 4.78 is 0. The summed E-state index contributed by atoms with van der Waals surface area (Å²) in [5.41, 5.74) is 5.47. The van der Waals surface area contributed by atoms with E-state index in [0.717, 1.165) is 51.4 Å². The highest BCUT2D eigenvalue weighted by Crippen LogP contribution is 2.21.